The van der Waals surface area contributed by atoms with Crippen LogP contribution in [0.1, 0.15) is 43.5 Å². The Morgan fingerprint density at radius 3 is 2.58 bits per heavy atom. The third-order valence-electron chi connectivity index (χ3n) is 2.91. The van der Waals surface area contributed by atoms with E-state index >= 15 is 0 Å². The van der Waals surface area contributed by atoms with E-state index in [1.807, 2.05) is 52.8 Å². The van der Waals surface area contributed by atoms with Crippen molar-refractivity contribution in [3.8, 4) is 0 Å². The summed E-state index contributed by atoms with van der Waals surface area (Å²) >= 11 is 0. The number of benzene rings is 1. The van der Waals surface area contributed by atoms with Crippen molar-refractivity contribution < 1.29 is 9.53 Å². The topological polar surface area (TPSA) is 64.3 Å². The van der Waals surface area contributed by atoms with Gasteiger partial charge in [-0.05, 0) is 51.3 Å². The fourth-order valence-corrected chi connectivity index (χ4v) is 1.79. The van der Waals surface area contributed by atoms with Crippen LogP contribution in [0.5, 0.6) is 0 Å². The summed E-state index contributed by atoms with van der Waals surface area (Å²) in [5.41, 5.74) is 9.03. The van der Waals surface area contributed by atoms with Crippen LogP contribution >= 0.6 is 0 Å². The monoisotopic (exact) mass is 264 g/mol. The summed E-state index contributed by atoms with van der Waals surface area (Å²) < 4.78 is 5.17. The number of hydrogen-bond donors (Lipinski definition) is 2. The summed E-state index contributed by atoms with van der Waals surface area (Å²) in [4.78, 5) is 11.6. The molecule has 3 N–H and O–H groups in total. The molecule has 4 nitrogen and oxygen atoms in total. The lowest BCUT2D eigenvalue weighted by atomic mass is 9.98. The lowest BCUT2D eigenvalue weighted by Crippen LogP contribution is -2.36. The Morgan fingerprint density at radius 2 is 2.00 bits per heavy atom. The molecule has 0 spiro atoms. The van der Waals surface area contributed by atoms with E-state index in [-0.39, 0.29) is 6.04 Å². The largest absolute Gasteiger partial charge is 0.444 e. The van der Waals surface area contributed by atoms with Crippen molar-refractivity contribution in [2.75, 3.05) is 6.54 Å². The van der Waals surface area contributed by atoms with Gasteiger partial charge in [0.05, 0.1) is 0 Å². The maximum atomic E-state index is 11.6. The van der Waals surface area contributed by atoms with E-state index in [1.54, 1.807) is 0 Å². The number of carbonyl (C=O) groups excluding carboxylic acids is 1. The number of amides is 1. The number of nitrogens with two attached hydrogens (primary N) is 1. The Morgan fingerprint density at radius 1 is 1.37 bits per heavy atom. The standard InChI is InChI=1S/C15H24N2O2/c1-10-7-6-8-12(11(10)2)13(16)9-17-14(18)19-15(3,4)5/h6-8,13H,9,16H2,1-5H3,(H,17,18). The van der Waals surface area contributed by atoms with Gasteiger partial charge in [0.15, 0.2) is 0 Å². The summed E-state index contributed by atoms with van der Waals surface area (Å²) in [6.07, 6.45) is -0.437. The second kappa shape index (κ2) is 6.06. The molecular weight excluding hydrogens is 240 g/mol. The molecular formula is C15H24N2O2. The maximum Gasteiger partial charge on any atom is 0.407 e. The summed E-state index contributed by atoms with van der Waals surface area (Å²) in [5.74, 6) is 0. The van der Waals surface area contributed by atoms with Gasteiger partial charge in [0.25, 0.3) is 0 Å². The average Bonchev–Trinajstić information content (AvgIpc) is 2.27. The summed E-state index contributed by atoms with van der Waals surface area (Å²) in [6.45, 7) is 9.94. The number of nitrogens with one attached hydrogen (secondary N) is 1. The van der Waals surface area contributed by atoms with E-state index in [0.717, 1.165) is 5.56 Å². The third-order valence-corrected chi connectivity index (χ3v) is 2.91. The molecule has 0 heterocycles. The maximum absolute atomic E-state index is 11.6. The van der Waals surface area contributed by atoms with Crippen molar-refractivity contribution in [3.05, 3.63) is 34.9 Å². The molecule has 4 heteroatoms. The van der Waals surface area contributed by atoms with Gasteiger partial charge in [-0.1, -0.05) is 18.2 Å². The Balaban J connectivity index is 2.59. The van der Waals surface area contributed by atoms with Crippen LogP contribution < -0.4 is 11.1 Å². The highest BCUT2D eigenvalue weighted by Gasteiger charge is 2.17. The molecule has 1 atom stereocenters. The second-order valence-corrected chi connectivity index (χ2v) is 5.78. The SMILES string of the molecule is Cc1cccc(C(N)CNC(=O)OC(C)(C)C)c1C. The van der Waals surface area contributed by atoms with Crippen molar-refractivity contribution in [2.24, 2.45) is 5.73 Å². The minimum atomic E-state index is -0.493. The number of carbonyl (C=O) groups is 1. The molecule has 1 aromatic carbocycles. The van der Waals surface area contributed by atoms with Crippen LogP contribution in [0.15, 0.2) is 18.2 Å². The molecule has 0 radical (unpaired) electrons. The molecule has 0 aliphatic carbocycles. The number of alkyl carbamates (subject to hydrolysis) is 1. The number of ether oxygens (including phenoxy) is 1. The molecule has 0 saturated carbocycles. The van der Waals surface area contributed by atoms with E-state index < -0.39 is 11.7 Å². The molecule has 1 unspecified atom stereocenters. The smallest absolute Gasteiger partial charge is 0.407 e. The molecule has 106 valence electrons. The van der Waals surface area contributed by atoms with E-state index in [1.165, 1.54) is 11.1 Å². The van der Waals surface area contributed by atoms with E-state index in [9.17, 15) is 4.79 Å². The zero-order valence-electron chi connectivity index (χ0n) is 12.4. The van der Waals surface area contributed by atoms with Crippen molar-refractivity contribution in [3.63, 3.8) is 0 Å². The first-order valence-corrected chi connectivity index (χ1v) is 6.49. The van der Waals surface area contributed by atoms with Gasteiger partial charge in [0.1, 0.15) is 5.60 Å². The normalized spacial score (nSPS) is 12.9. The molecule has 0 aromatic heterocycles. The molecule has 0 saturated heterocycles. The summed E-state index contributed by atoms with van der Waals surface area (Å²) in [6, 6.07) is 5.79. The van der Waals surface area contributed by atoms with Gasteiger partial charge in [-0.15, -0.1) is 0 Å². The highest BCUT2D eigenvalue weighted by molar-refractivity contribution is 5.67. The van der Waals surface area contributed by atoms with E-state index in [2.05, 4.69) is 5.32 Å². The molecule has 0 aliphatic rings. The predicted molar refractivity (Wildman–Crippen MR) is 77.1 cm³/mol. The fraction of sp³-hybridized carbons (Fsp3) is 0.533. The zero-order valence-corrected chi connectivity index (χ0v) is 12.4. The van der Waals surface area contributed by atoms with Gasteiger partial charge >= 0.3 is 6.09 Å². The van der Waals surface area contributed by atoms with Crippen molar-refractivity contribution in [1.29, 1.82) is 0 Å². The summed E-state index contributed by atoms with van der Waals surface area (Å²) in [7, 11) is 0. The minimum Gasteiger partial charge on any atom is -0.444 e. The van der Waals surface area contributed by atoms with E-state index in [4.69, 9.17) is 10.5 Å². The van der Waals surface area contributed by atoms with Crippen LogP contribution in [0, 0.1) is 13.8 Å². The Labute approximate surface area is 115 Å². The van der Waals surface area contributed by atoms with Crippen molar-refractivity contribution in [1.82, 2.24) is 5.32 Å². The number of rotatable bonds is 3. The Kier molecular flexibility index (Phi) is 4.95. The lowest BCUT2D eigenvalue weighted by molar-refractivity contribution is 0.0524. The van der Waals surface area contributed by atoms with Crippen LogP contribution in [0.4, 0.5) is 4.79 Å². The first-order valence-electron chi connectivity index (χ1n) is 6.49. The molecule has 1 amide bonds. The molecule has 19 heavy (non-hydrogen) atoms. The highest BCUT2D eigenvalue weighted by atomic mass is 16.6. The fourth-order valence-electron chi connectivity index (χ4n) is 1.79. The number of aryl methyl sites for hydroxylation is 1. The van der Waals surface area contributed by atoms with Crippen LogP contribution in [0.25, 0.3) is 0 Å². The summed E-state index contributed by atoms with van der Waals surface area (Å²) in [5, 5.41) is 2.70. The van der Waals surface area contributed by atoms with Crippen LogP contribution in [-0.2, 0) is 4.74 Å². The Bertz CT molecular complexity index is 450. The molecule has 1 rings (SSSR count). The van der Waals surface area contributed by atoms with Gasteiger partial charge < -0.3 is 15.8 Å². The molecule has 0 bridgehead atoms. The quantitative estimate of drug-likeness (QED) is 0.882. The minimum absolute atomic E-state index is 0.229. The molecule has 0 fully saturated rings. The van der Waals surface area contributed by atoms with Crippen LogP contribution in [0.3, 0.4) is 0 Å². The lowest BCUT2D eigenvalue weighted by Gasteiger charge is -2.21. The van der Waals surface area contributed by atoms with Gasteiger partial charge in [-0.3, -0.25) is 0 Å². The second-order valence-electron chi connectivity index (χ2n) is 5.78. The highest BCUT2D eigenvalue weighted by Crippen LogP contribution is 2.18. The average molecular weight is 264 g/mol. The molecule has 0 aliphatic heterocycles. The van der Waals surface area contributed by atoms with E-state index in [0.29, 0.717) is 6.54 Å². The van der Waals surface area contributed by atoms with Gasteiger partial charge in [0, 0.05) is 12.6 Å². The number of hydrogen-bond acceptors (Lipinski definition) is 3. The zero-order chi connectivity index (χ0) is 14.6. The van der Waals surface area contributed by atoms with Crippen LogP contribution in [0.2, 0.25) is 0 Å². The van der Waals surface area contributed by atoms with Crippen LogP contribution in [-0.4, -0.2) is 18.2 Å². The van der Waals surface area contributed by atoms with Gasteiger partial charge in [-0.2, -0.15) is 0 Å². The van der Waals surface area contributed by atoms with Crippen molar-refractivity contribution >= 4 is 6.09 Å². The van der Waals surface area contributed by atoms with Crippen molar-refractivity contribution in [2.45, 2.75) is 46.3 Å². The van der Waals surface area contributed by atoms with Gasteiger partial charge in [0.2, 0.25) is 0 Å². The predicted octanol–water partition coefficient (Wildman–Crippen LogP) is 2.83. The Hall–Kier alpha value is -1.55. The first-order chi connectivity index (χ1) is 8.70. The first kappa shape index (κ1) is 15.5. The molecule has 1 aromatic rings. The third kappa shape index (κ3) is 4.91. The van der Waals surface area contributed by atoms with Gasteiger partial charge in [-0.25, -0.2) is 4.79 Å².